The van der Waals surface area contributed by atoms with Crippen molar-refractivity contribution in [3.05, 3.63) is 28.8 Å². The first kappa shape index (κ1) is 20.0. The second kappa shape index (κ2) is 6.31. The third-order valence-electron chi connectivity index (χ3n) is 9.02. The van der Waals surface area contributed by atoms with Gasteiger partial charge in [-0.3, -0.25) is 4.79 Å². The lowest BCUT2D eigenvalue weighted by Gasteiger charge is -2.70. The minimum Gasteiger partial charge on any atom is -0.336 e. The maximum absolute atomic E-state index is 13.5. The largest absolute Gasteiger partial charge is 0.336 e. The zero-order chi connectivity index (χ0) is 21.5. The van der Waals surface area contributed by atoms with Crippen LogP contribution in [0.1, 0.15) is 57.9 Å². The summed E-state index contributed by atoms with van der Waals surface area (Å²) in [4.78, 5) is 15.7. The Balaban J connectivity index is 1.37. The van der Waals surface area contributed by atoms with Gasteiger partial charge in [0.05, 0.1) is 29.1 Å². The van der Waals surface area contributed by atoms with E-state index in [-0.39, 0.29) is 40.2 Å². The van der Waals surface area contributed by atoms with Crippen molar-refractivity contribution in [2.45, 2.75) is 64.5 Å². The molecule has 1 spiro atoms. The fourth-order valence-corrected chi connectivity index (χ4v) is 7.97. The average molecular weight is 426 g/mol. The van der Waals surface area contributed by atoms with E-state index in [9.17, 15) is 10.1 Å². The molecule has 4 bridgehead atoms. The molecule has 6 atom stereocenters. The molecule has 1 amide bonds. The van der Waals surface area contributed by atoms with Crippen molar-refractivity contribution in [3.8, 4) is 6.07 Å². The Kier molecular flexibility index (Phi) is 4.21. The number of halogens is 1. The molecule has 30 heavy (non-hydrogen) atoms. The van der Waals surface area contributed by atoms with Crippen LogP contribution >= 0.6 is 11.6 Å². The number of nitrogens with zero attached hydrogens (tertiary/aromatic N) is 2. The van der Waals surface area contributed by atoms with Gasteiger partial charge in [0.2, 0.25) is 5.91 Å². The highest BCUT2D eigenvalue weighted by Gasteiger charge is 2.79. The Morgan fingerprint density at radius 3 is 2.87 bits per heavy atom. The molecule has 6 unspecified atom stereocenters. The van der Waals surface area contributed by atoms with Crippen LogP contribution in [0, 0.1) is 38.9 Å². The van der Waals surface area contributed by atoms with E-state index in [1.54, 1.807) is 0 Å². The van der Waals surface area contributed by atoms with Crippen LogP contribution in [0.15, 0.2) is 18.2 Å². The molecule has 5 rings (SSSR count). The number of benzene rings is 1. The first-order valence-corrected chi connectivity index (χ1v) is 11.5. The number of likely N-dealkylation sites (tertiary alicyclic amines) is 1. The molecule has 0 radical (unpaired) electrons. The molecule has 0 aromatic heterocycles. The summed E-state index contributed by atoms with van der Waals surface area (Å²) in [5, 5.41) is 21.2. The summed E-state index contributed by atoms with van der Waals surface area (Å²) in [6, 6.07) is 8.78. The first-order valence-electron chi connectivity index (χ1n) is 11.1. The van der Waals surface area contributed by atoms with Crippen LogP contribution in [0.5, 0.6) is 0 Å². The number of nitrogens with one attached hydrogen (secondary N) is 1. The van der Waals surface area contributed by atoms with Crippen molar-refractivity contribution in [3.63, 3.8) is 0 Å². The molecular weight excluding hydrogens is 396 g/mol. The SMILES string of the molecule is C[NH2+]c1cccc(Cl)c1C(=N)C(C)CC(=O)N1C2CC3(C#N)CC4(C2)CC1C4(C)C3. The summed E-state index contributed by atoms with van der Waals surface area (Å²) in [6.45, 7) is 4.28. The number of carbonyl (C=O) groups is 1. The predicted molar refractivity (Wildman–Crippen MR) is 116 cm³/mol. The normalized spacial score (nSPS) is 38.7. The van der Waals surface area contributed by atoms with Crippen LogP contribution in [-0.4, -0.2) is 35.7 Å². The molecular formula is C24H30ClN4O+. The molecule has 5 nitrogen and oxygen atoms in total. The molecule has 3 aliphatic carbocycles. The number of quaternary nitrogens is 1. The average Bonchev–Trinajstić information content (AvgIpc) is 2.80. The fourth-order valence-electron chi connectivity index (χ4n) is 7.69. The van der Waals surface area contributed by atoms with E-state index >= 15 is 0 Å². The molecule has 3 saturated carbocycles. The van der Waals surface area contributed by atoms with Crippen LogP contribution in [0.2, 0.25) is 5.02 Å². The van der Waals surface area contributed by atoms with Crippen LogP contribution < -0.4 is 5.32 Å². The molecule has 4 fully saturated rings. The Morgan fingerprint density at radius 2 is 2.17 bits per heavy atom. The number of rotatable bonds is 5. The van der Waals surface area contributed by atoms with Gasteiger partial charge in [0, 0.05) is 30.1 Å². The lowest BCUT2D eigenvalue weighted by molar-refractivity contribution is -0.539. The first-order chi connectivity index (χ1) is 14.2. The van der Waals surface area contributed by atoms with E-state index in [2.05, 4.69) is 17.9 Å². The quantitative estimate of drug-likeness (QED) is 0.557. The summed E-state index contributed by atoms with van der Waals surface area (Å²) in [6.07, 6.45) is 5.24. The maximum atomic E-state index is 13.5. The second-order valence-corrected chi connectivity index (χ2v) is 10.9. The van der Waals surface area contributed by atoms with Gasteiger partial charge >= 0.3 is 0 Å². The summed E-state index contributed by atoms with van der Waals surface area (Å²) in [5.74, 6) is -0.0642. The highest BCUT2D eigenvalue weighted by atomic mass is 35.5. The molecule has 1 heterocycles. The molecule has 1 aromatic rings. The molecule has 1 aliphatic heterocycles. The van der Waals surface area contributed by atoms with Crippen LogP contribution in [0.3, 0.4) is 0 Å². The van der Waals surface area contributed by atoms with Crippen LogP contribution in [0.4, 0.5) is 5.69 Å². The van der Waals surface area contributed by atoms with Crippen molar-refractivity contribution < 1.29 is 10.1 Å². The predicted octanol–water partition coefficient (Wildman–Crippen LogP) is 3.63. The van der Waals surface area contributed by atoms with Gasteiger partial charge in [-0.15, -0.1) is 0 Å². The van der Waals surface area contributed by atoms with Gasteiger partial charge in [-0.05, 0) is 55.1 Å². The van der Waals surface area contributed by atoms with Gasteiger partial charge in [0.25, 0.3) is 0 Å². The van der Waals surface area contributed by atoms with E-state index < -0.39 is 0 Å². The monoisotopic (exact) mass is 425 g/mol. The van der Waals surface area contributed by atoms with Crippen LogP contribution in [0.25, 0.3) is 0 Å². The zero-order valence-corrected chi connectivity index (χ0v) is 18.7. The minimum absolute atomic E-state index is 0.0925. The standard InChI is InChI=1S/C24H29ClN4O/c1-14(21(27)20-16(25)5-4-6-17(20)28-3)7-19(30)29-15-8-23(13-26)11-22(2)18(29)10-24(22,9-15)12-23/h4-6,14-15,18,27-28H,7-12H2,1-3H3/p+1. The highest BCUT2D eigenvalue weighted by molar-refractivity contribution is 6.34. The lowest BCUT2D eigenvalue weighted by atomic mass is 9.43. The van der Waals surface area contributed by atoms with Crippen LogP contribution in [-0.2, 0) is 4.79 Å². The molecule has 4 aliphatic rings. The summed E-state index contributed by atoms with van der Waals surface area (Å²) >= 11 is 6.42. The lowest BCUT2D eigenvalue weighted by Crippen LogP contribution is -2.73. The number of nitriles is 1. The summed E-state index contributed by atoms with van der Waals surface area (Å²) < 4.78 is 0. The van der Waals surface area contributed by atoms with E-state index in [0.717, 1.165) is 43.4 Å². The van der Waals surface area contributed by atoms with Crippen molar-refractivity contribution in [2.75, 3.05) is 7.05 Å². The Bertz CT molecular complexity index is 1000. The van der Waals surface area contributed by atoms with Gasteiger partial charge in [0.1, 0.15) is 5.69 Å². The summed E-state index contributed by atoms with van der Waals surface area (Å²) in [7, 11) is 1.94. The fraction of sp³-hybridized carbons (Fsp3) is 0.625. The molecule has 6 heteroatoms. The molecule has 1 saturated heterocycles. The number of hydrogen-bond acceptors (Lipinski definition) is 3. The van der Waals surface area contributed by atoms with Gasteiger partial charge < -0.3 is 15.6 Å². The van der Waals surface area contributed by atoms with Crippen molar-refractivity contribution in [1.29, 1.82) is 10.7 Å². The summed E-state index contributed by atoms with van der Waals surface area (Å²) in [5.41, 5.74) is 2.24. The Morgan fingerprint density at radius 1 is 1.40 bits per heavy atom. The van der Waals surface area contributed by atoms with E-state index in [1.165, 1.54) is 0 Å². The Labute approximate surface area is 183 Å². The van der Waals surface area contributed by atoms with E-state index in [4.69, 9.17) is 17.0 Å². The molecule has 3 N–H and O–H groups in total. The number of piperidine rings is 2. The van der Waals surface area contributed by atoms with Gasteiger partial charge in [-0.1, -0.05) is 31.5 Å². The highest BCUT2D eigenvalue weighted by Crippen LogP contribution is 2.80. The Hall–Kier alpha value is -1.90. The third kappa shape index (κ3) is 2.38. The number of hydrogen-bond donors (Lipinski definition) is 2. The third-order valence-corrected chi connectivity index (χ3v) is 9.34. The smallest absolute Gasteiger partial charge is 0.223 e. The minimum atomic E-state index is -0.233. The van der Waals surface area contributed by atoms with E-state index in [1.807, 2.05) is 37.5 Å². The number of nitrogens with two attached hydrogens (primary N) is 1. The number of fused-ring (bicyclic) bond motifs is 4. The molecule has 158 valence electrons. The number of amides is 1. The van der Waals surface area contributed by atoms with Crippen molar-refractivity contribution in [1.82, 2.24) is 4.90 Å². The number of carbonyl (C=O) groups excluding carboxylic acids is 1. The second-order valence-electron chi connectivity index (χ2n) is 10.5. The molecule has 1 aromatic carbocycles. The van der Waals surface area contributed by atoms with E-state index in [0.29, 0.717) is 17.2 Å². The van der Waals surface area contributed by atoms with Gasteiger partial charge in [0.15, 0.2) is 0 Å². The maximum Gasteiger partial charge on any atom is 0.223 e. The topological polar surface area (TPSA) is 84.6 Å². The van der Waals surface area contributed by atoms with Gasteiger partial charge in [-0.2, -0.15) is 5.26 Å². The van der Waals surface area contributed by atoms with Crippen molar-refractivity contribution >= 4 is 28.9 Å². The zero-order valence-electron chi connectivity index (χ0n) is 18.0. The van der Waals surface area contributed by atoms with Crippen molar-refractivity contribution in [2.24, 2.45) is 22.2 Å². The van der Waals surface area contributed by atoms with Gasteiger partial charge in [-0.25, -0.2) is 0 Å².